The van der Waals surface area contributed by atoms with E-state index in [1.807, 2.05) is 19.1 Å². The van der Waals surface area contributed by atoms with Gasteiger partial charge in [0.25, 0.3) is 0 Å². The van der Waals surface area contributed by atoms with Crippen LogP contribution in [0.2, 0.25) is 5.02 Å². The molecule has 1 unspecified atom stereocenters. The highest BCUT2D eigenvalue weighted by atomic mass is 35.5. The van der Waals surface area contributed by atoms with Crippen molar-refractivity contribution in [3.8, 4) is 5.75 Å². The molecule has 2 aromatic rings. The van der Waals surface area contributed by atoms with Gasteiger partial charge in [0.15, 0.2) is 0 Å². The number of aryl methyl sites for hydroxylation is 1. The van der Waals surface area contributed by atoms with Gasteiger partial charge in [-0.1, -0.05) is 36.7 Å². The molecule has 0 saturated carbocycles. The first-order valence-corrected chi connectivity index (χ1v) is 10.1. The van der Waals surface area contributed by atoms with Crippen LogP contribution >= 0.6 is 11.6 Å². The van der Waals surface area contributed by atoms with Crippen LogP contribution in [0.15, 0.2) is 47.4 Å². The van der Waals surface area contributed by atoms with E-state index < -0.39 is 15.6 Å². The van der Waals surface area contributed by atoms with Crippen molar-refractivity contribution < 1.29 is 17.9 Å². The Bertz CT molecular complexity index is 870. The van der Waals surface area contributed by atoms with Crippen LogP contribution in [0.4, 0.5) is 0 Å². The maximum atomic E-state index is 12.9. The summed E-state index contributed by atoms with van der Waals surface area (Å²) in [4.78, 5) is 0.115. The van der Waals surface area contributed by atoms with Gasteiger partial charge < -0.3 is 9.47 Å². The van der Waals surface area contributed by atoms with Gasteiger partial charge in [0.05, 0.1) is 7.11 Å². The Morgan fingerprint density at radius 1 is 1.15 bits per heavy atom. The molecule has 0 heterocycles. The van der Waals surface area contributed by atoms with Crippen LogP contribution in [0, 0.1) is 0 Å². The van der Waals surface area contributed by atoms with Crippen molar-refractivity contribution in [2.24, 2.45) is 0 Å². The van der Waals surface area contributed by atoms with Crippen molar-refractivity contribution in [1.29, 1.82) is 0 Å². The minimum Gasteiger partial charge on any atom is -0.495 e. The van der Waals surface area contributed by atoms with Crippen molar-refractivity contribution in [2.75, 3.05) is 20.8 Å². The van der Waals surface area contributed by atoms with Crippen LogP contribution in [-0.2, 0) is 26.8 Å². The SMILES string of the molecule is CCc1ccc(OC)c(S(=O)(=O)NCC(C)(OC)c2cccc(Cl)c2)c1. The maximum Gasteiger partial charge on any atom is 0.244 e. The number of ether oxygens (including phenoxy) is 2. The zero-order chi connectivity index (χ0) is 19.4. The van der Waals surface area contributed by atoms with Crippen LogP contribution in [-0.4, -0.2) is 29.2 Å². The highest BCUT2D eigenvalue weighted by Crippen LogP contribution is 2.29. The van der Waals surface area contributed by atoms with E-state index in [0.717, 1.165) is 17.5 Å². The molecule has 7 heteroatoms. The molecule has 26 heavy (non-hydrogen) atoms. The topological polar surface area (TPSA) is 64.6 Å². The van der Waals surface area contributed by atoms with Crippen molar-refractivity contribution >= 4 is 21.6 Å². The van der Waals surface area contributed by atoms with Gasteiger partial charge >= 0.3 is 0 Å². The summed E-state index contributed by atoms with van der Waals surface area (Å²) in [6.07, 6.45) is 0.727. The predicted molar refractivity (Wildman–Crippen MR) is 103 cm³/mol. The second-order valence-electron chi connectivity index (χ2n) is 6.11. The molecule has 1 N–H and O–H groups in total. The van der Waals surface area contributed by atoms with E-state index in [0.29, 0.717) is 10.8 Å². The third-order valence-corrected chi connectivity index (χ3v) is 6.07. The number of nitrogens with one attached hydrogen (secondary N) is 1. The van der Waals surface area contributed by atoms with Gasteiger partial charge in [-0.2, -0.15) is 0 Å². The quantitative estimate of drug-likeness (QED) is 0.736. The lowest BCUT2D eigenvalue weighted by Crippen LogP contribution is -2.40. The molecule has 0 aliphatic heterocycles. The third-order valence-electron chi connectivity index (χ3n) is 4.41. The molecule has 0 aromatic heterocycles. The van der Waals surface area contributed by atoms with E-state index in [1.54, 1.807) is 37.3 Å². The predicted octanol–water partition coefficient (Wildman–Crippen LogP) is 3.75. The fourth-order valence-corrected chi connectivity index (χ4v) is 4.11. The van der Waals surface area contributed by atoms with Crippen LogP contribution in [0.1, 0.15) is 25.0 Å². The maximum absolute atomic E-state index is 12.9. The fraction of sp³-hybridized carbons (Fsp3) is 0.368. The van der Waals surface area contributed by atoms with E-state index >= 15 is 0 Å². The molecule has 0 bridgehead atoms. The largest absolute Gasteiger partial charge is 0.495 e. The number of hydrogen-bond acceptors (Lipinski definition) is 4. The molecule has 0 aliphatic carbocycles. The van der Waals surface area contributed by atoms with Crippen LogP contribution in [0.25, 0.3) is 0 Å². The second-order valence-corrected chi connectivity index (χ2v) is 8.28. The Hall–Kier alpha value is -1.60. The lowest BCUT2D eigenvalue weighted by molar-refractivity contribution is 0.00698. The van der Waals surface area contributed by atoms with E-state index in [1.165, 1.54) is 14.2 Å². The molecule has 0 radical (unpaired) electrons. The van der Waals surface area contributed by atoms with Crippen LogP contribution in [0.5, 0.6) is 5.75 Å². The van der Waals surface area contributed by atoms with Gasteiger partial charge in [-0.3, -0.25) is 0 Å². The molecular formula is C19H24ClNO4S. The molecule has 0 saturated heterocycles. The summed E-state index contributed by atoms with van der Waals surface area (Å²) in [5.74, 6) is 0.302. The summed E-state index contributed by atoms with van der Waals surface area (Å²) >= 11 is 6.06. The Morgan fingerprint density at radius 3 is 2.46 bits per heavy atom. The summed E-state index contributed by atoms with van der Waals surface area (Å²) in [5, 5.41) is 0.561. The molecule has 142 valence electrons. The number of halogens is 1. The zero-order valence-corrected chi connectivity index (χ0v) is 16.9. The second kappa shape index (κ2) is 8.39. The average Bonchev–Trinajstić information content (AvgIpc) is 2.65. The number of benzene rings is 2. The Balaban J connectivity index is 2.32. The van der Waals surface area contributed by atoms with E-state index in [-0.39, 0.29) is 11.4 Å². The molecule has 0 fully saturated rings. The molecule has 0 aliphatic rings. The van der Waals surface area contributed by atoms with Crippen molar-refractivity contribution in [1.82, 2.24) is 4.72 Å². The third kappa shape index (κ3) is 4.57. The van der Waals surface area contributed by atoms with Crippen molar-refractivity contribution in [3.63, 3.8) is 0 Å². The van der Waals surface area contributed by atoms with Gasteiger partial charge in [0, 0.05) is 18.7 Å². The lowest BCUT2D eigenvalue weighted by atomic mass is 9.96. The molecule has 2 aromatic carbocycles. The monoisotopic (exact) mass is 397 g/mol. The first kappa shape index (κ1) is 20.7. The molecular weight excluding hydrogens is 374 g/mol. The highest BCUT2D eigenvalue weighted by molar-refractivity contribution is 7.89. The number of sulfonamides is 1. The van der Waals surface area contributed by atoms with Gasteiger partial charge in [0.1, 0.15) is 16.2 Å². The number of methoxy groups -OCH3 is 2. The van der Waals surface area contributed by atoms with E-state index in [4.69, 9.17) is 21.1 Å². The van der Waals surface area contributed by atoms with Crippen LogP contribution < -0.4 is 9.46 Å². The Kier molecular flexibility index (Phi) is 6.69. The standard InChI is InChI=1S/C19H24ClNO4S/c1-5-14-9-10-17(24-3)18(11-14)26(22,23)21-13-19(2,25-4)15-7-6-8-16(20)12-15/h6-12,21H,5,13H2,1-4H3. The molecule has 0 spiro atoms. The van der Waals surface area contributed by atoms with Crippen molar-refractivity contribution in [3.05, 3.63) is 58.6 Å². The van der Waals surface area contributed by atoms with Gasteiger partial charge in [-0.05, 0) is 48.7 Å². The zero-order valence-electron chi connectivity index (χ0n) is 15.4. The summed E-state index contributed by atoms with van der Waals surface area (Å²) in [5.41, 5.74) is 0.827. The Labute approximate surface area is 160 Å². The van der Waals surface area contributed by atoms with Gasteiger partial charge in [-0.15, -0.1) is 0 Å². The Morgan fingerprint density at radius 2 is 1.88 bits per heavy atom. The first-order valence-electron chi connectivity index (χ1n) is 8.23. The lowest BCUT2D eigenvalue weighted by Gasteiger charge is -2.29. The molecule has 2 rings (SSSR count). The number of hydrogen-bond donors (Lipinski definition) is 1. The summed E-state index contributed by atoms with van der Waals surface area (Å²) in [6, 6.07) is 12.3. The molecule has 0 amide bonds. The highest BCUT2D eigenvalue weighted by Gasteiger charge is 2.30. The normalized spacial score (nSPS) is 14.0. The smallest absolute Gasteiger partial charge is 0.244 e. The fourth-order valence-electron chi connectivity index (χ4n) is 2.57. The number of rotatable bonds is 8. The van der Waals surface area contributed by atoms with E-state index in [9.17, 15) is 8.42 Å². The minimum atomic E-state index is -3.79. The molecule has 5 nitrogen and oxygen atoms in total. The average molecular weight is 398 g/mol. The van der Waals surface area contributed by atoms with E-state index in [2.05, 4.69) is 4.72 Å². The van der Waals surface area contributed by atoms with Crippen LogP contribution in [0.3, 0.4) is 0 Å². The summed E-state index contributed by atoms with van der Waals surface area (Å²) in [7, 11) is -0.800. The first-order chi connectivity index (χ1) is 12.3. The minimum absolute atomic E-state index is 0.0473. The molecule has 1 atom stereocenters. The van der Waals surface area contributed by atoms with Gasteiger partial charge in [0.2, 0.25) is 10.0 Å². The summed E-state index contributed by atoms with van der Waals surface area (Å²) < 4.78 is 39.2. The summed E-state index contributed by atoms with van der Waals surface area (Å²) in [6.45, 7) is 3.82. The van der Waals surface area contributed by atoms with Crippen molar-refractivity contribution in [2.45, 2.75) is 30.8 Å². The van der Waals surface area contributed by atoms with Gasteiger partial charge in [-0.25, -0.2) is 13.1 Å².